The lowest BCUT2D eigenvalue weighted by Crippen LogP contribution is -2.45. The van der Waals surface area contributed by atoms with Gasteiger partial charge in [-0.05, 0) is 70.6 Å². The Kier molecular flexibility index (Phi) is 38.5. The van der Waals surface area contributed by atoms with Crippen molar-refractivity contribution in [3.8, 4) is 0 Å². The van der Waals surface area contributed by atoms with Gasteiger partial charge in [-0.3, -0.25) is 9.36 Å². The van der Waals surface area contributed by atoms with Crippen molar-refractivity contribution in [2.75, 3.05) is 40.9 Å². The zero-order chi connectivity index (χ0) is 42.8. The number of phosphoric acid groups is 1. The van der Waals surface area contributed by atoms with Gasteiger partial charge in [0.1, 0.15) is 13.2 Å². The van der Waals surface area contributed by atoms with E-state index in [9.17, 15) is 19.4 Å². The predicted molar refractivity (Wildman–Crippen MR) is 246 cm³/mol. The number of unbranched alkanes of at least 4 members (excludes halogenated alkanes) is 15. The van der Waals surface area contributed by atoms with Gasteiger partial charge in [0, 0.05) is 6.42 Å². The van der Waals surface area contributed by atoms with Crippen LogP contribution in [0.1, 0.15) is 168 Å². The molecule has 0 saturated heterocycles. The summed E-state index contributed by atoms with van der Waals surface area (Å²) in [6.07, 6.45) is 54.9. The van der Waals surface area contributed by atoms with Gasteiger partial charge in [0.05, 0.1) is 39.9 Å². The second-order valence-electron chi connectivity index (χ2n) is 16.4. The van der Waals surface area contributed by atoms with E-state index in [0.717, 1.165) is 96.3 Å². The van der Waals surface area contributed by atoms with Crippen molar-refractivity contribution < 1.29 is 32.9 Å². The number of hydrogen-bond acceptors (Lipinski definition) is 6. The Labute approximate surface area is 356 Å². The molecular weight excluding hydrogens is 744 g/mol. The van der Waals surface area contributed by atoms with E-state index in [1.54, 1.807) is 6.08 Å². The molecule has 0 aliphatic heterocycles. The molecule has 0 bridgehead atoms. The van der Waals surface area contributed by atoms with Gasteiger partial charge in [-0.25, -0.2) is 0 Å². The third-order valence-electron chi connectivity index (χ3n) is 9.61. The highest BCUT2D eigenvalue weighted by Gasteiger charge is 2.23. The molecule has 58 heavy (non-hydrogen) atoms. The fourth-order valence-electron chi connectivity index (χ4n) is 5.98. The van der Waals surface area contributed by atoms with E-state index in [4.69, 9.17) is 9.05 Å². The first-order valence-electron chi connectivity index (χ1n) is 22.9. The Morgan fingerprint density at radius 1 is 0.621 bits per heavy atom. The fourth-order valence-corrected chi connectivity index (χ4v) is 6.70. The first-order chi connectivity index (χ1) is 28.0. The standard InChI is InChI=1S/C49H87N2O6P/c1-6-8-10-12-14-16-18-19-20-21-22-23-24-25-26-27-28-29-30-31-33-35-37-39-41-43-49(53)50-47(46-57-58(54,55)56-45-44-51(3,4)5)48(52)42-40-38-36-34-32-17-15-13-11-9-7-2/h8,10,14,16,19-20,22-23,25-26,28-29,40,42,47-48,52H,6-7,9,11-13,15,17-18,21,24,27,30-39,41,43-46H2,1-5H3,(H-,50,53,54,55)/b10-8-,16-14-,20-19-,23-22-,26-25-,29-28-,42-40+. The lowest BCUT2D eigenvalue weighted by atomic mass is 10.1. The maximum absolute atomic E-state index is 12.9. The maximum atomic E-state index is 12.9. The summed E-state index contributed by atoms with van der Waals surface area (Å²) in [6, 6.07) is -0.898. The van der Waals surface area contributed by atoms with E-state index in [0.29, 0.717) is 17.4 Å². The van der Waals surface area contributed by atoms with Crippen molar-refractivity contribution >= 4 is 13.7 Å². The number of nitrogens with one attached hydrogen (secondary N) is 1. The van der Waals surface area contributed by atoms with Gasteiger partial charge >= 0.3 is 0 Å². The van der Waals surface area contributed by atoms with Crippen molar-refractivity contribution in [1.82, 2.24) is 5.32 Å². The summed E-state index contributed by atoms with van der Waals surface area (Å²) in [4.78, 5) is 25.3. The number of rotatable bonds is 40. The number of allylic oxidation sites excluding steroid dienone is 13. The lowest BCUT2D eigenvalue weighted by Gasteiger charge is -2.29. The van der Waals surface area contributed by atoms with Crippen LogP contribution in [0.5, 0.6) is 0 Å². The van der Waals surface area contributed by atoms with Crippen LogP contribution in [0, 0.1) is 0 Å². The molecule has 0 saturated carbocycles. The zero-order valence-corrected chi connectivity index (χ0v) is 38.6. The summed E-state index contributed by atoms with van der Waals surface area (Å²) in [7, 11) is 1.23. The molecule has 3 unspecified atom stereocenters. The summed E-state index contributed by atoms with van der Waals surface area (Å²) < 4.78 is 23.2. The van der Waals surface area contributed by atoms with E-state index in [2.05, 4.69) is 92.1 Å². The molecule has 0 aromatic carbocycles. The minimum atomic E-state index is -4.59. The first kappa shape index (κ1) is 55.7. The Morgan fingerprint density at radius 2 is 1.05 bits per heavy atom. The van der Waals surface area contributed by atoms with Gasteiger partial charge in [-0.15, -0.1) is 0 Å². The molecule has 2 N–H and O–H groups in total. The van der Waals surface area contributed by atoms with Crippen LogP contribution >= 0.6 is 7.82 Å². The quantitative estimate of drug-likeness (QED) is 0.0276. The molecule has 0 heterocycles. The first-order valence-corrected chi connectivity index (χ1v) is 24.4. The van der Waals surface area contributed by atoms with Gasteiger partial charge in [0.25, 0.3) is 7.82 Å². The number of likely N-dealkylation sites (N-methyl/N-ethyl adjacent to an activating group) is 1. The molecule has 0 rings (SSSR count). The van der Waals surface area contributed by atoms with Crippen LogP contribution in [-0.2, 0) is 18.4 Å². The normalized spacial score (nSPS) is 15.1. The summed E-state index contributed by atoms with van der Waals surface area (Å²) >= 11 is 0. The molecule has 0 aliphatic rings. The minimum Gasteiger partial charge on any atom is -0.756 e. The Morgan fingerprint density at radius 3 is 1.53 bits per heavy atom. The van der Waals surface area contributed by atoms with Gasteiger partial charge in [0.2, 0.25) is 5.91 Å². The number of carbonyl (C=O) groups excluding carboxylic acids is 1. The van der Waals surface area contributed by atoms with Crippen LogP contribution in [-0.4, -0.2) is 68.5 Å². The van der Waals surface area contributed by atoms with Gasteiger partial charge in [-0.2, -0.15) is 0 Å². The number of nitrogens with zero attached hydrogens (tertiary/aromatic N) is 1. The van der Waals surface area contributed by atoms with Gasteiger partial charge < -0.3 is 28.8 Å². The molecular formula is C49H87N2O6P. The third-order valence-corrected chi connectivity index (χ3v) is 10.6. The highest BCUT2D eigenvalue weighted by atomic mass is 31.2. The Balaban J connectivity index is 4.35. The second-order valence-corrected chi connectivity index (χ2v) is 17.8. The molecule has 0 spiro atoms. The van der Waals surface area contributed by atoms with Crippen molar-refractivity contribution in [2.24, 2.45) is 0 Å². The average Bonchev–Trinajstić information content (AvgIpc) is 3.17. The van der Waals surface area contributed by atoms with Crippen molar-refractivity contribution in [1.29, 1.82) is 0 Å². The van der Waals surface area contributed by atoms with E-state index in [1.165, 1.54) is 51.4 Å². The smallest absolute Gasteiger partial charge is 0.268 e. The van der Waals surface area contributed by atoms with E-state index >= 15 is 0 Å². The number of quaternary nitrogens is 1. The van der Waals surface area contributed by atoms with Crippen molar-refractivity contribution in [3.05, 3.63) is 85.1 Å². The van der Waals surface area contributed by atoms with Crippen LogP contribution in [0.4, 0.5) is 0 Å². The highest BCUT2D eigenvalue weighted by Crippen LogP contribution is 2.38. The number of amides is 1. The van der Waals surface area contributed by atoms with Crippen molar-refractivity contribution in [2.45, 2.75) is 180 Å². The molecule has 334 valence electrons. The molecule has 0 radical (unpaired) electrons. The maximum Gasteiger partial charge on any atom is 0.268 e. The summed E-state index contributed by atoms with van der Waals surface area (Å²) in [5.74, 6) is -0.218. The SMILES string of the molecule is CC/C=C\C/C=C\C/C=C\C/C=C\C/C=C\C/C=C\CCCCCCCCC(=O)NC(COP(=O)([O-])OCC[N+](C)(C)C)C(O)/C=C/CCCCCCCCCCC. The minimum absolute atomic E-state index is 0.00892. The van der Waals surface area contributed by atoms with Gasteiger partial charge in [-0.1, -0.05) is 176 Å². The van der Waals surface area contributed by atoms with E-state index in [-0.39, 0.29) is 12.5 Å². The molecule has 9 heteroatoms. The van der Waals surface area contributed by atoms with Crippen LogP contribution < -0.4 is 10.2 Å². The summed E-state index contributed by atoms with van der Waals surface area (Å²) in [5, 5.41) is 13.7. The molecule has 0 aromatic heterocycles. The van der Waals surface area contributed by atoms with E-state index < -0.39 is 26.6 Å². The number of phosphoric ester groups is 1. The lowest BCUT2D eigenvalue weighted by molar-refractivity contribution is -0.870. The summed E-state index contributed by atoms with van der Waals surface area (Å²) in [6.45, 7) is 4.48. The van der Waals surface area contributed by atoms with Crippen LogP contribution in [0.3, 0.4) is 0 Å². The molecule has 3 atom stereocenters. The molecule has 0 aliphatic carbocycles. The fraction of sp³-hybridized carbons (Fsp3) is 0.694. The molecule has 8 nitrogen and oxygen atoms in total. The van der Waals surface area contributed by atoms with Crippen LogP contribution in [0.15, 0.2) is 85.1 Å². The average molecular weight is 831 g/mol. The largest absolute Gasteiger partial charge is 0.756 e. The molecule has 0 fully saturated rings. The monoisotopic (exact) mass is 831 g/mol. The highest BCUT2D eigenvalue weighted by molar-refractivity contribution is 7.45. The summed E-state index contributed by atoms with van der Waals surface area (Å²) in [5.41, 5.74) is 0. The van der Waals surface area contributed by atoms with E-state index in [1.807, 2.05) is 27.2 Å². The third kappa shape index (κ3) is 41.8. The number of aliphatic hydroxyl groups is 1. The molecule has 1 amide bonds. The topological polar surface area (TPSA) is 108 Å². The zero-order valence-electron chi connectivity index (χ0n) is 37.7. The predicted octanol–water partition coefficient (Wildman–Crippen LogP) is 12.3. The van der Waals surface area contributed by atoms with Crippen LogP contribution in [0.2, 0.25) is 0 Å². The van der Waals surface area contributed by atoms with Gasteiger partial charge in [0.15, 0.2) is 0 Å². The van der Waals surface area contributed by atoms with Crippen molar-refractivity contribution in [3.63, 3.8) is 0 Å². The Hall–Kier alpha value is -2.32. The van der Waals surface area contributed by atoms with Crippen LogP contribution in [0.25, 0.3) is 0 Å². The molecule has 0 aromatic rings. The second kappa shape index (κ2) is 40.1. The number of carbonyl (C=O) groups is 1. The number of aliphatic hydroxyl groups excluding tert-OH is 1. The number of hydrogen-bond donors (Lipinski definition) is 2. The Bertz CT molecular complexity index is 1220.